The van der Waals surface area contributed by atoms with Crippen LogP contribution in [-0.4, -0.2) is 18.6 Å². The number of carbonyl (C=O) groups is 1. The number of nitrogens with two attached hydrogens (primary N) is 1. The van der Waals surface area contributed by atoms with E-state index in [1.807, 2.05) is 13.8 Å². The van der Waals surface area contributed by atoms with Gasteiger partial charge in [0.05, 0.1) is 12.6 Å². The van der Waals surface area contributed by atoms with Crippen LogP contribution in [0.15, 0.2) is 18.2 Å². The van der Waals surface area contributed by atoms with E-state index in [1.165, 1.54) is 18.9 Å². The van der Waals surface area contributed by atoms with Crippen LogP contribution >= 0.6 is 0 Å². The van der Waals surface area contributed by atoms with Crippen molar-refractivity contribution >= 4 is 5.91 Å². The van der Waals surface area contributed by atoms with Crippen molar-refractivity contribution < 1.29 is 13.9 Å². The Balaban J connectivity index is 1.87. The minimum absolute atomic E-state index is 0.00130. The Labute approximate surface area is 131 Å². The molecule has 0 bridgehead atoms. The van der Waals surface area contributed by atoms with Gasteiger partial charge >= 0.3 is 0 Å². The molecule has 1 aliphatic carbocycles. The van der Waals surface area contributed by atoms with Crippen molar-refractivity contribution in [2.24, 2.45) is 11.7 Å². The molecule has 1 fully saturated rings. The van der Waals surface area contributed by atoms with Gasteiger partial charge in [-0.2, -0.15) is 0 Å². The summed E-state index contributed by atoms with van der Waals surface area (Å²) in [6.45, 7) is 4.29. The molecule has 0 heterocycles. The third kappa shape index (κ3) is 5.30. The molecular weight excluding hydrogens is 283 g/mol. The average molecular weight is 308 g/mol. The van der Waals surface area contributed by atoms with E-state index in [9.17, 15) is 9.18 Å². The molecule has 0 saturated heterocycles. The number of ether oxygens (including phenoxy) is 1. The number of hydrogen-bond donors (Lipinski definition) is 2. The molecular formula is C17H25FN2O2. The number of benzene rings is 1. The third-order valence-corrected chi connectivity index (χ3v) is 3.83. The van der Waals surface area contributed by atoms with Crippen LogP contribution in [0.3, 0.4) is 0 Å². The summed E-state index contributed by atoms with van der Waals surface area (Å²) < 4.78 is 19.5. The van der Waals surface area contributed by atoms with Gasteiger partial charge in [-0.1, -0.05) is 6.07 Å². The molecule has 2 rings (SSSR count). The van der Waals surface area contributed by atoms with Gasteiger partial charge in [-0.25, -0.2) is 4.39 Å². The summed E-state index contributed by atoms with van der Waals surface area (Å²) in [5.41, 5.74) is 6.36. The molecule has 1 aliphatic rings. The van der Waals surface area contributed by atoms with Crippen LogP contribution in [0.5, 0.6) is 5.75 Å². The van der Waals surface area contributed by atoms with Crippen LogP contribution in [0.1, 0.15) is 51.1 Å². The van der Waals surface area contributed by atoms with Gasteiger partial charge in [0, 0.05) is 12.5 Å². The molecule has 1 aromatic carbocycles. The number of amides is 1. The lowest BCUT2D eigenvalue weighted by Crippen LogP contribution is -2.28. The smallest absolute Gasteiger partial charge is 0.220 e. The Morgan fingerprint density at radius 1 is 1.45 bits per heavy atom. The van der Waals surface area contributed by atoms with Crippen molar-refractivity contribution in [1.82, 2.24) is 5.32 Å². The zero-order valence-corrected chi connectivity index (χ0v) is 13.3. The van der Waals surface area contributed by atoms with Crippen LogP contribution in [0.2, 0.25) is 0 Å². The maximum absolute atomic E-state index is 14.0. The van der Waals surface area contributed by atoms with E-state index in [4.69, 9.17) is 10.5 Å². The molecule has 1 amide bonds. The number of halogens is 1. The van der Waals surface area contributed by atoms with E-state index >= 15 is 0 Å². The largest absolute Gasteiger partial charge is 0.490 e. The SMILES string of the molecule is CC(N)CCC(=O)NC(C)c1ccc(OCC2CC2)c(F)c1. The fourth-order valence-electron chi connectivity index (χ4n) is 2.15. The highest BCUT2D eigenvalue weighted by molar-refractivity contribution is 5.76. The van der Waals surface area contributed by atoms with Crippen LogP contribution in [0.25, 0.3) is 0 Å². The molecule has 1 saturated carbocycles. The first-order chi connectivity index (χ1) is 10.5. The fourth-order valence-corrected chi connectivity index (χ4v) is 2.15. The van der Waals surface area contributed by atoms with Crippen molar-refractivity contribution in [3.63, 3.8) is 0 Å². The first kappa shape index (κ1) is 16.7. The summed E-state index contributed by atoms with van der Waals surface area (Å²) in [5.74, 6) is 0.419. The van der Waals surface area contributed by atoms with Crippen LogP contribution < -0.4 is 15.8 Å². The van der Waals surface area contributed by atoms with E-state index in [1.54, 1.807) is 12.1 Å². The second kappa shape index (κ2) is 7.58. The Morgan fingerprint density at radius 3 is 2.77 bits per heavy atom. The van der Waals surface area contributed by atoms with Gasteiger partial charge in [-0.05, 0) is 56.7 Å². The van der Waals surface area contributed by atoms with Crippen molar-refractivity contribution in [2.75, 3.05) is 6.61 Å². The number of rotatable bonds is 8. The molecule has 0 radical (unpaired) electrons. The molecule has 4 nitrogen and oxygen atoms in total. The zero-order chi connectivity index (χ0) is 16.1. The molecule has 0 aromatic heterocycles. The van der Waals surface area contributed by atoms with Gasteiger partial charge in [-0.15, -0.1) is 0 Å². The topological polar surface area (TPSA) is 64.4 Å². The predicted molar refractivity (Wildman–Crippen MR) is 84.1 cm³/mol. The molecule has 0 aliphatic heterocycles. The lowest BCUT2D eigenvalue weighted by Gasteiger charge is -2.16. The predicted octanol–water partition coefficient (Wildman–Crippen LogP) is 2.92. The van der Waals surface area contributed by atoms with Crippen LogP contribution in [-0.2, 0) is 4.79 Å². The van der Waals surface area contributed by atoms with Gasteiger partial charge in [0.15, 0.2) is 11.6 Å². The van der Waals surface area contributed by atoms with Gasteiger partial charge in [0.1, 0.15) is 0 Å². The molecule has 3 N–H and O–H groups in total. The summed E-state index contributed by atoms with van der Waals surface area (Å²) >= 11 is 0. The van der Waals surface area contributed by atoms with Crippen LogP contribution in [0, 0.1) is 11.7 Å². The van der Waals surface area contributed by atoms with Crippen molar-refractivity contribution in [3.8, 4) is 5.75 Å². The van der Waals surface area contributed by atoms with E-state index in [0.29, 0.717) is 25.4 Å². The molecule has 5 heteroatoms. The monoisotopic (exact) mass is 308 g/mol. The maximum Gasteiger partial charge on any atom is 0.220 e. The Hall–Kier alpha value is -1.62. The lowest BCUT2D eigenvalue weighted by molar-refractivity contribution is -0.121. The summed E-state index contributed by atoms with van der Waals surface area (Å²) in [7, 11) is 0. The minimum atomic E-state index is -0.380. The Bertz CT molecular complexity index is 515. The Kier molecular flexibility index (Phi) is 5.77. The molecule has 2 atom stereocenters. The van der Waals surface area contributed by atoms with Gasteiger partial charge in [0.25, 0.3) is 0 Å². The summed E-state index contributed by atoms with van der Waals surface area (Å²) in [6.07, 6.45) is 3.36. The van der Waals surface area contributed by atoms with Crippen molar-refractivity contribution in [3.05, 3.63) is 29.6 Å². The van der Waals surface area contributed by atoms with Gasteiger partial charge in [-0.3, -0.25) is 4.79 Å². The third-order valence-electron chi connectivity index (χ3n) is 3.83. The van der Waals surface area contributed by atoms with E-state index in [-0.39, 0.29) is 29.6 Å². The maximum atomic E-state index is 14.0. The highest BCUT2D eigenvalue weighted by Crippen LogP contribution is 2.30. The minimum Gasteiger partial charge on any atom is -0.490 e. The van der Waals surface area contributed by atoms with Gasteiger partial charge < -0.3 is 15.8 Å². The van der Waals surface area contributed by atoms with Crippen LogP contribution in [0.4, 0.5) is 4.39 Å². The standard InChI is InChI=1S/C17H25FN2O2/c1-11(19)3-8-17(21)20-12(2)14-6-7-16(15(18)9-14)22-10-13-4-5-13/h6-7,9,11-13H,3-5,8,10,19H2,1-2H3,(H,20,21). The molecule has 1 aromatic rings. The first-order valence-electron chi connectivity index (χ1n) is 7.93. The second-order valence-corrected chi connectivity index (χ2v) is 6.25. The van der Waals surface area contributed by atoms with E-state index in [2.05, 4.69) is 5.32 Å². The quantitative estimate of drug-likeness (QED) is 0.776. The first-order valence-corrected chi connectivity index (χ1v) is 7.93. The molecule has 22 heavy (non-hydrogen) atoms. The zero-order valence-electron chi connectivity index (χ0n) is 13.3. The highest BCUT2D eigenvalue weighted by Gasteiger charge is 2.22. The summed E-state index contributed by atoms with van der Waals surface area (Å²) in [5, 5.41) is 2.86. The second-order valence-electron chi connectivity index (χ2n) is 6.25. The molecule has 0 spiro atoms. The molecule has 2 unspecified atom stereocenters. The van der Waals surface area contributed by atoms with Crippen molar-refractivity contribution in [2.45, 2.75) is 51.6 Å². The number of carbonyl (C=O) groups excluding carboxylic acids is 1. The van der Waals surface area contributed by atoms with E-state index < -0.39 is 0 Å². The average Bonchev–Trinajstić information content (AvgIpc) is 3.28. The normalized spacial score (nSPS) is 16.9. The Morgan fingerprint density at radius 2 is 2.18 bits per heavy atom. The number of nitrogens with one attached hydrogen (secondary N) is 1. The van der Waals surface area contributed by atoms with E-state index in [0.717, 1.165) is 5.56 Å². The van der Waals surface area contributed by atoms with Gasteiger partial charge in [0.2, 0.25) is 5.91 Å². The number of hydrogen-bond acceptors (Lipinski definition) is 3. The molecule has 122 valence electrons. The lowest BCUT2D eigenvalue weighted by atomic mass is 10.1. The summed E-state index contributed by atoms with van der Waals surface area (Å²) in [6, 6.07) is 4.62. The highest BCUT2D eigenvalue weighted by atomic mass is 19.1. The fraction of sp³-hybridized carbons (Fsp3) is 0.588. The summed E-state index contributed by atoms with van der Waals surface area (Å²) in [4.78, 5) is 11.8. The van der Waals surface area contributed by atoms with Crippen molar-refractivity contribution in [1.29, 1.82) is 0 Å².